The lowest BCUT2D eigenvalue weighted by molar-refractivity contribution is -0.137. The van der Waals surface area contributed by atoms with Crippen LogP contribution in [0.15, 0.2) is 40.5 Å². The summed E-state index contributed by atoms with van der Waals surface area (Å²) in [6.45, 7) is 17.3. The van der Waals surface area contributed by atoms with Gasteiger partial charge in [0.25, 0.3) is 0 Å². The van der Waals surface area contributed by atoms with E-state index in [0.717, 1.165) is 30.6 Å². The molecule has 2 unspecified atom stereocenters. The summed E-state index contributed by atoms with van der Waals surface area (Å²) in [6.07, 6.45) is 1.47. The van der Waals surface area contributed by atoms with Crippen molar-refractivity contribution in [1.29, 1.82) is 0 Å². The largest absolute Gasteiger partial charge is 0.480 e. The number of thiocarbonyl (C=S) groups is 1. The fourth-order valence-corrected chi connectivity index (χ4v) is 4.62. The van der Waals surface area contributed by atoms with Crippen molar-refractivity contribution in [2.75, 3.05) is 24.5 Å². The Morgan fingerprint density at radius 3 is 2.45 bits per heavy atom. The molecule has 1 aliphatic heterocycles. The van der Waals surface area contributed by atoms with Crippen LogP contribution in [-0.4, -0.2) is 46.5 Å². The lowest BCUT2D eigenvalue weighted by Gasteiger charge is -2.22. The number of carboxylic acid groups (broad SMARTS) is 1. The second-order valence-electron chi connectivity index (χ2n) is 7.72. The molecule has 31 heavy (non-hydrogen) atoms. The molecule has 2 rings (SSSR count). The third-order valence-electron chi connectivity index (χ3n) is 5.35. The molecule has 1 aromatic rings. The first-order valence-electron chi connectivity index (χ1n) is 10.4. The smallest absolute Gasteiger partial charge is 0.327 e. The maximum Gasteiger partial charge on any atom is 0.327 e. The number of amidine groups is 1. The topological polar surface area (TPSA) is 60.5 Å². The fraction of sp³-hybridized carbons (Fsp3) is 0.478. The zero-order valence-electron chi connectivity index (χ0n) is 18.4. The van der Waals surface area contributed by atoms with Crippen molar-refractivity contribution < 1.29 is 9.90 Å². The highest BCUT2D eigenvalue weighted by molar-refractivity contribution is 7.80. The van der Waals surface area contributed by atoms with Gasteiger partial charge in [-0.2, -0.15) is 5.01 Å². The number of anilines is 1. The molecule has 1 aliphatic rings. The number of carboxylic acids is 1. The Morgan fingerprint density at radius 2 is 1.94 bits per heavy atom. The van der Waals surface area contributed by atoms with Gasteiger partial charge >= 0.3 is 11.8 Å². The van der Waals surface area contributed by atoms with Gasteiger partial charge in [-0.3, -0.25) is 4.79 Å². The van der Waals surface area contributed by atoms with E-state index in [9.17, 15) is 4.79 Å². The lowest BCUT2D eigenvalue weighted by Crippen LogP contribution is -2.27. The molecule has 1 aromatic carbocycles. The van der Waals surface area contributed by atoms with Gasteiger partial charge in [-0.25, -0.2) is 0 Å². The number of nitrogens with zero attached hydrogens (tertiary/aromatic N) is 4. The van der Waals surface area contributed by atoms with E-state index in [1.165, 1.54) is 10.7 Å². The Hall–Kier alpha value is -2.43. The van der Waals surface area contributed by atoms with Gasteiger partial charge in [0.2, 0.25) is 0 Å². The van der Waals surface area contributed by atoms with E-state index in [1.54, 1.807) is 0 Å². The van der Waals surface area contributed by atoms with Crippen LogP contribution in [0.1, 0.15) is 51.5 Å². The molecule has 0 aromatic heterocycles. The molecule has 1 N–H and O–H groups in total. The molecular formula is C23H29ClN4O2S. The van der Waals surface area contributed by atoms with Crippen molar-refractivity contribution >= 4 is 46.3 Å². The lowest BCUT2D eigenvalue weighted by atomic mass is 9.92. The number of benzene rings is 1. The molecule has 0 radical (unpaired) electrons. The van der Waals surface area contributed by atoms with Crippen molar-refractivity contribution in [3.63, 3.8) is 0 Å². The first-order valence-corrected chi connectivity index (χ1v) is 11.2. The van der Waals surface area contributed by atoms with Gasteiger partial charge in [-0.05, 0) is 62.3 Å². The predicted molar refractivity (Wildman–Crippen MR) is 131 cm³/mol. The van der Waals surface area contributed by atoms with Crippen LogP contribution in [0.4, 0.5) is 5.69 Å². The Kier molecular flexibility index (Phi) is 9.02. The summed E-state index contributed by atoms with van der Waals surface area (Å²) >= 11 is 12.1. The molecule has 0 saturated heterocycles. The summed E-state index contributed by atoms with van der Waals surface area (Å²) in [5, 5.41) is 14.2. The second kappa shape index (κ2) is 11.3. The van der Waals surface area contributed by atoms with E-state index in [4.69, 9.17) is 35.5 Å². The van der Waals surface area contributed by atoms with Crippen molar-refractivity contribution in [3.05, 3.63) is 52.4 Å². The maximum absolute atomic E-state index is 11.0. The highest BCUT2D eigenvalue weighted by Crippen LogP contribution is 2.33. The number of hydrazone groups is 1. The molecule has 1 heterocycles. The number of halogens is 1. The summed E-state index contributed by atoms with van der Waals surface area (Å²) in [4.78, 5) is 17.0. The second-order valence-corrected chi connectivity index (χ2v) is 8.64. The number of allylic oxidation sites excluding steroid dienone is 1. The number of hydrogen-bond donors (Lipinski definition) is 1. The maximum atomic E-state index is 11.0. The summed E-state index contributed by atoms with van der Waals surface area (Å²) in [5.41, 5.74) is 3.79. The van der Waals surface area contributed by atoms with E-state index < -0.39 is 5.97 Å². The van der Waals surface area contributed by atoms with Crippen LogP contribution >= 0.6 is 23.8 Å². The molecule has 0 saturated carbocycles. The van der Waals surface area contributed by atoms with Crippen LogP contribution in [0.2, 0.25) is 0 Å². The van der Waals surface area contributed by atoms with Crippen molar-refractivity contribution in [1.82, 2.24) is 5.01 Å². The first-order chi connectivity index (χ1) is 14.7. The Bertz CT molecular complexity index is 916. The number of rotatable bonds is 10. The van der Waals surface area contributed by atoms with Gasteiger partial charge < -0.3 is 14.9 Å². The van der Waals surface area contributed by atoms with Gasteiger partial charge in [0.05, 0.1) is 5.38 Å². The van der Waals surface area contributed by atoms with Crippen molar-refractivity contribution in [2.45, 2.75) is 45.9 Å². The van der Waals surface area contributed by atoms with E-state index in [-0.39, 0.29) is 23.7 Å². The van der Waals surface area contributed by atoms with Crippen molar-refractivity contribution in [2.24, 2.45) is 11.0 Å². The van der Waals surface area contributed by atoms with Gasteiger partial charge in [0.1, 0.15) is 4.99 Å². The predicted octanol–water partition coefficient (Wildman–Crippen LogP) is 5.51. The van der Waals surface area contributed by atoms with Crippen LogP contribution in [-0.2, 0) is 4.79 Å². The number of aliphatic carboxylic acids is 1. The molecule has 6 nitrogen and oxygen atoms in total. The highest BCUT2D eigenvalue weighted by Gasteiger charge is 2.32. The normalized spacial score (nSPS) is 17.1. The van der Waals surface area contributed by atoms with Crippen LogP contribution in [0.5, 0.6) is 0 Å². The van der Waals surface area contributed by atoms with E-state index in [1.807, 2.05) is 6.92 Å². The van der Waals surface area contributed by atoms with Gasteiger partial charge in [0, 0.05) is 24.4 Å². The summed E-state index contributed by atoms with van der Waals surface area (Å²) < 4.78 is 0. The quantitative estimate of drug-likeness (QED) is 0.216. The molecule has 0 amide bonds. The Morgan fingerprint density at radius 1 is 1.32 bits per heavy atom. The van der Waals surface area contributed by atoms with Crippen molar-refractivity contribution in [3.8, 4) is 0 Å². The molecule has 8 heteroatoms. The van der Waals surface area contributed by atoms with Crippen LogP contribution in [0.3, 0.4) is 0 Å². The Labute approximate surface area is 195 Å². The third kappa shape index (κ3) is 6.28. The van der Waals surface area contributed by atoms with Crippen LogP contribution in [0.25, 0.3) is 4.85 Å². The number of alkyl halides is 1. The zero-order valence-corrected chi connectivity index (χ0v) is 20.0. The van der Waals surface area contributed by atoms with Gasteiger partial charge in [-0.15, -0.1) is 11.6 Å². The molecule has 2 atom stereocenters. The van der Waals surface area contributed by atoms with E-state index >= 15 is 0 Å². The first kappa shape index (κ1) is 24.8. The minimum atomic E-state index is -1.04. The zero-order chi connectivity index (χ0) is 23.1. The minimum Gasteiger partial charge on any atom is -0.480 e. The summed E-state index contributed by atoms with van der Waals surface area (Å²) in [7, 11) is 0. The Balaban J connectivity index is 2.06. The van der Waals surface area contributed by atoms with E-state index in [2.05, 4.69) is 59.9 Å². The third-order valence-corrected chi connectivity index (χ3v) is 6.20. The monoisotopic (exact) mass is 460 g/mol. The molecule has 0 aliphatic carbocycles. The standard InChI is InChI=1S/C23H29ClN4O2S/c1-6-27(7-2)18-10-8-17(9-11-18)19(24)13-15(3)12-16(4)21-22(25-5)26-28(23(21)31)14-20(29)30/h8-11,15,19H,6-7,12-14H2,1-4H3,(H,29,30)/b21-16-. The summed E-state index contributed by atoms with van der Waals surface area (Å²) in [5.74, 6) is -0.633. The molecule has 0 fully saturated rings. The van der Waals surface area contributed by atoms with E-state index in [0.29, 0.717) is 17.0 Å². The average molecular weight is 461 g/mol. The van der Waals surface area contributed by atoms with Crippen LogP contribution < -0.4 is 4.90 Å². The molecule has 0 spiro atoms. The fourth-order valence-electron chi connectivity index (χ4n) is 3.80. The number of hydrogen-bond acceptors (Lipinski definition) is 4. The van der Waals surface area contributed by atoms with Crippen LogP contribution in [0, 0.1) is 12.5 Å². The molecular weight excluding hydrogens is 432 g/mol. The number of carbonyl (C=O) groups is 1. The molecule has 0 bridgehead atoms. The van der Waals surface area contributed by atoms with Gasteiger partial charge in [0.15, 0.2) is 6.54 Å². The SMILES string of the molecule is [C-]#[N+]C1=NN(CC(=O)O)C(=S)/C1=C(/C)CC(C)CC(Cl)c1ccc(N(CC)CC)cc1. The highest BCUT2D eigenvalue weighted by atomic mass is 35.5. The molecule has 166 valence electrons. The minimum absolute atomic E-state index is 0.119. The average Bonchev–Trinajstić information content (AvgIpc) is 3.04. The van der Waals surface area contributed by atoms with Gasteiger partial charge in [-0.1, -0.05) is 43.4 Å². The summed E-state index contributed by atoms with van der Waals surface area (Å²) in [6, 6.07) is 8.40.